The van der Waals surface area contributed by atoms with Crippen LogP contribution in [0.15, 0.2) is 55.4 Å². The van der Waals surface area contributed by atoms with Crippen LogP contribution in [0.2, 0.25) is 0 Å². The van der Waals surface area contributed by atoms with E-state index in [9.17, 15) is 4.79 Å². The van der Waals surface area contributed by atoms with Gasteiger partial charge in [0.1, 0.15) is 5.82 Å². The number of aryl methyl sites for hydroxylation is 1. The molecule has 7 nitrogen and oxygen atoms in total. The smallest absolute Gasteiger partial charge is 0.254 e. The van der Waals surface area contributed by atoms with Gasteiger partial charge in [-0.2, -0.15) is 0 Å². The summed E-state index contributed by atoms with van der Waals surface area (Å²) in [4.78, 5) is 31.2. The van der Waals surface area contributed by atoms with Gasteiger partial charge in [0.05, 0.1) is 30.1 Å². The highest BCUT2D eigenvalue weighted by Gasteiger charge is 2.18. The molecule has 142 valence electrons. The Hall–Kier alpha value is -3.48. The van der Waals surface area contributed by atoms with E-state index in [0.29, 0.717) is 18.7 Å². The second-order valence-electron chi connectivity index (χ2n) is 6.75. The summed E-state index contributed by atoms with van der Waals surface area (Å²) in [5.41, 5.74) is 4.19. The molecule has 0 saturated carbocycles. The van der Waals surface area contributed by atoms with Crippen LogP contribution < -0.4 is 0 Å². The zero-order valence-corrected chi connectivity index (χ0v) is 16.0. The standard InChI is InChI=1S/C21H22N6O/c1-3-8-27(13-19-23-7-9-26(19)2)21(28)16-6-4-5-15(10-16)17-11-22-12-18-20(17)25-14-24-18/h4-7,9-12,14H,3,8,13H2,1-2H3,(H,24,25). The lowest BCUT2D eigenvalue weighted by molar-refractivity contribution is 0.0737. The van der Waals surface area contributed by atoms with E-state index in [0.717, 1.165) is 34.4 Å². The summed E-state index contributed by atoms with van der Waals surface area (Å²) in [5.74, 6) is 0.859. The molecule has 0 bridgehead atoms. The SMILES string of the molecule is CCCN(Cc1nccn1C)C(=O)c1cccc(-c2cncc3[nH]cnc23)c1. The molecule has 1 aromatic carbocycles. The van der Waals surface area contributed by atoms with Crippen LogP contribution in [0.5, 0.6) is 0 Å². The van der Waals surface area contributed by atoms with Crippen molar-refractivity contribution in [3.05, 3.63) is 66.8 Å². The van der Waals surface area contributed by atoms with Crippen LogP contribution in [0, 0.1) is 0 Å². The van der Waals surface area contributed by atoms with Crippen molar-refractivity contribution in [2.75, 3.05) is 6.54 Å². The zero-order chi connectivity index (χ0) is 19.5. The quantitative estimate of drug-likeness (QED) is 0.561. The Morgan fingerprint density at radius 3 is 2.93 bits per heavy atom. The molecule has 0 spiro atoms. The fraction of sp³-hybridized carbons (Fsp3) is 0.238. The predicted octanol–water partition coefficient (Wildman–Crippen LogP) is 3.41. The van der Waals surface area contributed by atoms with Crippen molar-refractivity contribution in [1.82, 2.24) is 29.4 Å². The number of amides is 1. The summed E-state index contributed by atoms with van der Waals surface area (Å²) in [5, 5.41) is 0. The summed E-state index contributed by atoms with van der Waals surface area (Å²) in [6.07, 6.45) is 9.71. The van der Waals surface area contributed by atoms with E-state index in [2.05, 4.69) is 26.9 Å². The first-order valence-corrected chi connectivity index (χ1v) is 9.30. The number of rotatable bonds is 6. The van der Waals surface area contributed by atoms with Gasteiger partial charge in [0, 0.05) is 43.3 Å². The zero-order valence-electron chi connectivity index (χ0n) is 16.0. The number of hydrogen-bond donors (Lipinski definition) is 1. The second-order valence-corrected chi connectivity index (χ2v) is 6.75. The minimum atomic E-state index is -0.00568. The van der Waals surface area contributed by atoms with E-state index in [1.807, 2.05) is 47.0 Å². The van der Waals surface area contributed by atoms with Gasteiger partial charge in [-0.25, -0.2) is 9.97 Å². The van der Waals surface area contributed by atoms with E-state index < -0.39 is 0 Å². The van der Waals surface area contributed by atoms with Gasteiger partial charge < -0.3 is 14.5 Å². The van der Waals surface area contributed by atoms with Gasteiger partial charge in [-0.3, -0.25) is 9.78 Å². The first kappa shape index (κ1) is 17.9. The number of aromatic nitrogens is 5. The summed E-state index contributed by atoms with van der Waals surface area (Å²) < 4.78 is 1.94. The highest BCUT2D eigenvalue weighted by Crippen LogP contribution is 2.26. The van der Waals surface area contributed by atoms with Gasteiger partial charge >= 0.3 is 0 Å². The average Bonchev–Trinajstić information content (AvgIpc) is 3.36. The molecule has 1 N–H and O–H groups in total. The van der Waals surface area contributed by atoms with Gasteiger partial charge in [0.2, 0.25) is 0 Å². The molecule has 0 fully saturated rings. The van der Waals surface area contributed by atoms with E-state index in [1.54, 1.807) is 24.9 Å². The molecular formula is C21H22N6O. The summed E-state index contributed by atoms with van der Waals surface area (Å²) in [7, 11) is 1.94. The van der Waals surface area contributed by atoms with E-state index in [-0.39, 0.29) is 5.91 Å². The van der Waals surface area contributed by atoms with Crippen LogP contribution in [0.4, 0.5) is 0 Å². The molecule has 0 saturated heterocycles. The number of nitrogens with zero attached hydrogens (tertiary/aromatic N) is 5. The molecule has 0 radical (unpaired) electrons. The Balaban J connectivity index is 1.66. The molecular weight excluding hydrogens is 352 g/mol. The van der Waals surface area contributed by atoms with Crippen LogP contribution >= 0.6 is 0 Å². The molecule has 0 aliphatic carbocycles. The number of nitrogens with one attached hydrogen (secondary N) is 1. The summed E-state index contributed by atoms with van der Waals surface area (Å²) in [6.45, 7) is 3.22. The van der Waals surface area contributed by atoms with Gasteiger partial charge in [0.15, 0.2) is 0 Å². The number of hydrogen-bond acceptors (Lipinski definition) is 4. The lowest BCUT2D eigenvalue weighted by Crippen LogP contribution is -2.32. The molecule has 28 heavy (non-hydrogen) atoms. The molecule has 0 aliphatic rings. The predicted molar refractivity (Wildman–Crippen MR) is 108 cm³/mol. The normalized spacial score (nSPS) is 11.1. The van der Waals surface area contributed by atoms with Gasteiger partial charge in [-0.15, -0.1) is 0 Å². The fourth-order valence-electron chi connectivity index (χ4n) is 3.32. The van der Waals surface area contributed by atoms with Crippen LogP contribution in [-0.4, -0.2) is 41.9 Å². The number of pyridine rings is 1. The van der Waals surface area contributed by atoms with Crippen LogP contribution in [0.25, 0.3) is 22.2 Å². The number of benzene rings is 1. The third kappa shape index (κ3) is 3.38. The van der Waals surface area contributed by atoms with E-state index in [1.165, 1.54) is 0 Å². The molecule has 0 unspecified atom stereocenters. The first-order chi connectivity index (χ1) is 13.7. The van der Waals surface area contributed by atoms with E-state index in [4.69, 9.17) is 0 Å². The van der Waals surface area contributed by atoms with Crippen LogP contribution in [0.1, 0.15) is 29.5 Å². The number of aromatic amines is 1. The van der Waals surface area contributed by atoms with E-state index >= 15 is 0 Å². The van der Waals surface area contributed by atoms with Gasteiger partial charge in [-0.05, 0) is 24.1 Å². The minimum Gasteiger partial charge on any atom is -0.343 e. The van der Waals surface area contributed by atoms with Gasteiger partial charge in [-0.1, -0.05) is 19.1 Å². The fourth-order valence-corrected chi connectivity index (χ4v) is 3.32. The molecule has 4 rings (SSSR count). The number of carbonyl (C=O) groups excluding carboxylic acids is 1. The molecule has 7 heteroatoms. The van der Waals surface area contributed by atoms with Crippen molar-refractivity contribution in [1.29, 1.82) is 0 Å². The molecule has 0 atom stereocenters. The highest BCUT2D eigenvalue weighted by atomic mass is 16.2. The largest absolute Gasteiger partial charge is 0.343 e. The maximum Gasteiger partial charge on any atom is 0.254 e. The topological polar surface area (TPSA) is 79.7 Å². The Kier molecular flexibility index (Phi) is 4.89. The van der Waals surface area contributed by atoms with Crippen molar-refractivity contribution in [3.8, 4) is 11.1 Å². The molecule has 3 heterocycles. The number of fused-ring (bicyclic) bond motifs is 1. The third-order valence-corrected chi connectivity index (χ3v) is 4.79. The van der Waals surface area contributed by atoms with Crippen LogP contribution in [0.3, 0.4) is 0 Å². The van der Waals surface area contributed by atoms with Crippen LogP contribution in [-0.2, 0) is 13.6 Å². The minimum absolute atomic E-state index is 0.00568. The maximum atomic E-state index is 13.2. The monoisotopic (exact) mass is 374 g/mol. The Morgan fingerprint density at radius 1 is 1.25 bits per heavy atom. The number of carbonyl (C=O) groups is 1. The number of imidazole rings is 2. The van der Waals surface area contributed by atoms with Crippen molar-refractivity contribution < 1.29 is 4.79 Å². The lowest BCUT2D eigenvalue weighted by Gasteiger charge is -2.22. The lowest BCUT2D eigenvalue weighted by atomic mass is 10.0. The van der Waals surface area contributed by atoms with Gasteiger partial charge in [0.25, 0.3) is 5.91 Å². The summed E-state index contributed by atoms with van der Waals surface area (Å²) in [6, 6.07) is 7.64. The summed E-state index contributed by atoms with van der Waals surface area (Å²) >= 11 is 0. The number of H-pyrrole nitrogens is 1. The first-order valence-electron chi connectivity index (χ1n) is 9.30. The van der Waals surface area contributed by atoms with Crippen molar-refractivity contribution in [2.45, 2.75) is 19.9 Å². The second kappa shape index (κ2) is 7.64. The third-order valence-electron chi connectivity index (χ3n) is 4.79. The van der Waals surface area contributed by atoms with Crippen molar-refractivity contribution in [2.24, 2.45) is 7.05 Å². The Labute approximate surface area is 163 Å². The molecule has 1 amide bonds. The maximum absolute atomic E-state index is 13.2. The van der Waals surface area contributed by atoms with Crippen molar-refractivity contribution in [3.63, 3.8) is 0 Å². The molecule has 4 aromatic rings. The van der Waals surface area contributed by atoms with Crippen molar-refractivity contribution >= 4 is 16.9 Å². The molecule has 3 aromatic heterocycles. The highest BCUT2D eigenvalue weighted by molar-refractivity contribution is 5.97. The average molecular weight is 374 g/mol. The Bertz CT molecular complexity index is 1110. The molecule has 0 aliphatic heterocycles. The Morgan fingerprint density at radius 2 is 2.14 bits per heavy atom.